The molecule has 0 aliphatic rings. The van der Waals surface area contributed by atoms with Gasteiger partial charge in [-0.25, -0.2) is 0 Å². The summed E-state index contributed by atoms with van der Waals surface area (Å²) in [5.74, 6) is 0. The van der Waals surface area contributed by atoms with Crippen molar-refractivity contribution in [1.82, 2.24) is 0 Å². The Balaban J connectivity index is 0. The van der Waals surface area contributed by atoms with Crippen LogP contribution in [0.2, 0.25) is 0 Å². The molecule has 2 radical (unpaired) electrons. The zero-order valence-corrected chi connectivity index (χ0v) is 18.3. The second-order valence-electron chi connectivity index (χ2n) is 0. The summed E-state index contributed by atoms with van der Waals surface area (Å²) in [7, 11) is 0. The first-order valence-corrected chi connectivity index (χ1v) is 0. The van der Waals surface area contributed by atoms with Crippen molar-refractivity contribution in [2.75, 3.05) is 0 Å². The third kappa shape index (κ3) is 119. The predicted octanol–water partition coefficient (Wildman–Crippen LogP) is -0.837. The summed E-state index contributed by atoms with van der Waals surface area (Å²) in [6.07, 6.45) is 0. The van der Waals surface area contributed by atoms with E-state index >= 15 is 0 Å². The van der Waals surface area contributed by atoms with E-state index in [-0.39, 0.29) is 174 Å². The zero-order valence-electron chi connectivity index (χ0n) is 4.86. The Morgan fingerprint density at radius 1 is 0.273 bits per heavy atom. The van der Waals surface area contributed by atoms with Gasteiger partial charge in [0.05, 0.1) is 0 Å². The molecule has 0 amide bonds. The fourth-order valence-corrected chi connectivity index (χ4v) is 0. The molecule has 0 aromatic rings. The molecule has 0 fully saturated rings. The van der Waals surface area contributed by atoms with E-state index in [2.05, 4.69) is 0 Å². The average Bonchev–Trinajstić information content (AvgIpc) is 0. The Labute approximate surface area is 169 Å². The molecule has 11 heavy (non-hydrogen) atoms. The van der Waals surface area contributed by atoms with Gasteiger partial charge in [-0.2, -0.15) is 0 Å². The maximum atomic E-state index is 0. The largest absolute Gasteiger partial charge is 4.00 e. The summed E-state index contributed by atoms with van der Waals surface area (Å²) in [4.78, 5) is 0. The van der Waals surface area contributed by atoms with Gasteiger partial charge < -0.3 is 38.3 Å². The van der Waals surface area contributed by atoms with Gasteiger partial charge in [0.15, 0.2) is 0 Å². The normalized spacial score (nSPS) is 0. The van der Waals surface area contributed by atoms with E-state index in [1.807, 2.05) is 0 Å². The van der Waals surface area contributed by atoms with Crippen LogP contribution in [0.4, 0.5) is 0 Å². The molecule has 0 heterocycles. The predicted molar refractivity (Wildman–Crippen MR) is 4.81 cm³/mol. The van der Waals surface area contributed by atoms with Crippen molar-refractivity contribution in [3.05, 3.63) is 0 Å². The standard InChI is InChI=1S/2Ce.2Hf.7O/q2*+3;2*+4;7*-2. The Kier molecular flexibility index (Phi) is 2200. The Morgan fingerprint density at radius 3 is 0.273 bits per heavy atom. The van der Waals surface area contributed by atoms with Gasteiger partial charge in [0.2, 0.25) is 0 Å². The van der Waals surface area contributed by atoms with Crippen molar-refractivity contribution in [2.45, 2.75) is 0 Å². The fourth-order valence-electron chi connectivity index (χ4n) is 0. The Hall–Kier alpha value is 4.21. The molecular formula is Ce2Hf2O7. The summed E-state index contributed by atoms with van der Waals surface area (Å²) in [5, 5.41) is 0. The zero-order chi connectivity index (χ0) is 0. The summed E-state index contributed by atoms with van der Waals surface area (Å²) in [5.41, 5.74) is 0. The molecule has 0 aromatic carbocycles. The van der Waals surface area contributed by atoms with Crippen LogP contribution in [-0.4, -0.2) is 0 Å². The molecule has 0 saturated carbocycles. The minimum atomic E-state index is 0. The van der Waals surface area contributed by atoms with Crippen molar-refractivity contribution in [1.29, 1.82) is 0 Å². The van der Waals surface area contributed by atoms with Crippen LogP contribution in [0.15, 0.2) is 0 Å². The first-order valence-electron chi connectivity index (χ1n) is 0. The summed E-state index contributed by atoms with van der Waals surface area (Å²) in [6.45, 7) is 0. The van der Waals surface area contributed by atoms with Crippen molar-refractivity contribution in [2.24, 2.45) is 0 Å². The molecule has 0 atom stereocenters. The summed E-state index contributed by atoms with van der Waals surface area (Å²) >= 11 is 0. The first kappa shape index (κ1) is 173. The third-order valence-corrected chi connectivity index (χ3v) is 0. The van der Waals surface area contributed by atoms with Crippen LogP contribution in [0, 0.1) is 83.5 Å². The van der Waals surface area contributed by atoms with E-state index in [0.29, 0.717) is 0 Å². The SMILES string of the molecule is [Ce+3].[Ce+3].[Hf+4].[Hf+4].[O-2].[O-2].[O-2].[O-2].[O-2].[O-2].[O-2]. The maximum absolute atomic E-state index is 0. The van der Waals surface area contributed by atoms with Crippen LogP contribution in [0.25, 0.3) is 0 Å². The minimum absolute atomic E-state index is 0. The van der Waals surface area contributed by atoms with E-state index in [4.69, 9.17) is 0 Å². The van der Waals surface area contributed by atoms with Gasteiger partial charge in [-0.05, 0) is 0 Å². The molecule has 7 nitrogen and oxygen atoms in total. The molecule has 0 aliphatic carbocycles. The summed E-state index contributed by atoms with van der Waals surface area (Å²) in [6, 6.07) is 0. The van der Waals surface area contributed by atoms with Crippen molar-refractivity contribution in [3.8, 4) is 0 Å². The molecule has 0 aromatic heterocycles. The minimum Gasteiger partial charge on any atom is -2.00 e. The fraction of sp³-hybridized carbons (Fsp3) is 0. The van der Waals surface area contributed by atoms with E-state index in [1.54, 1.807) is 0 Å². The topological polar surface area (TPSA) is 200 Å². The number of hydrogen-bond acceptors (Lipinski definition) is 0. The quantitative estimate of drug-likeness (QED) is 0.279. The van der Waals surface area contributed by atoms with Gasteiger partial charge in [0.25, 0.3) is 0 Å². The molecule has 58 valence electrons. The van der Waals surface area contributed by atoms with E-state index in [9.17, 15) is 0 Å². The molecule has 0 aliphatic heterocycles. The van der Waals surface area contributed by atoms with Gasteiger partial charge >= 0.3 is 135 Å². The molecular weight excluding hydrogens is 749 g/mol. The summed E-state index contributed by atoms with van der Waals surface area (Å²) < 4.78 is 0. The number of rotatable bonds is 0. The Bertz CT molecular complexity index is 14.4. The second-order valence-corrected chi connectivity index (χ2v) is 0. The molecule has 0 spiro atoms. The van der Waals surface area contributed by atoms with Crippen molar-refractivity contribution in [3.63, 3.8) is 0 Å². The average molecular weight is 749 g/mol. The van der Waals surface area contributed by atoms with Crippen molar-refractivity contribution >= 4 is 0 Å². The first-order chi connectivity index (χ1) is 0. The third-order valence-electron chi connectivity index (χ3n) is 0. The van der Waals surface area contributed by atoms with Gasteiger partial charge in [0.1, 0.15) is 0 Å². The van der Waals surface area contributed by atoms with Crippen LogP contribution in [0.1, 0.15) is 0 Å². The van der Waals surface area contributed by atoms with E-state index in [0.717, 1.165) is 0 Å². The van der Waals surface area contributed by atoms with Gasteiger partial charge in [-0.15, -0.1) is 0 Å². The molecule has 0 N–H and O–H groups in total. The van der Waals surface area contributed by atoms with Crippen LogP contribution < -0.4 is 0 Å². The van der Waals surface area contributed by atoms with E-state index in [1.165, 1.54) is 0 Å². The molecule has 0 unspecified atom stereocenters. The van der Waals surface area contributed by atoms with Gasteiger partial charge in [-0.3, -0.25) is 0 Å². The van der Waals surface area contributed by atoms with E-state index < -0.39 is 0 Å². The number of hydrogen-bond donors (Lipinski definition) is 0. The molecule has 0 bridgehead atoms. The smallest absolute Gasteiger partial charge is 2.00 e. The van der Waals surface area contributed by atoms with Crippen molar-refractivity contribution < 1.29 is 174 Å². The van der Waals surface area contributed by atoms with Crippen LogP contribution in [0.5, 0.6) is 0 Å². The van der Waals surface area contributed by atoms with Crippen LogP contribution in [-0.2, 0) is 90.0 Å². The molecule has 0 rings (SSSR count). The van der Waals surface area contributed by atoms with Crippen LogP contribution in [0.3, 0.4) is 0 Å². The monoisotopic (exact) mass is 752 g/mol. The van der Waals surface area contributed by atoms with Crippen LogP contribution >= 0.6 is 0 Å². The van der Waals surface area contributed by atoms with Gasteiger partial charge in [-0.1, -0.05) is 0 Å². The molecule has 0 saturated heterocycles. The van der Waals surface area contributed by atoms with Gasteiger partial charge in [0, 0.05) is 0 Å². The molecule has 11 heteroatoms. The second kappa shape index (κ2) is 140. The maximum Gasteiger partial charge on any atom is 4.00 e. The Morgan fingerprint density at radius 2 is 0.273 bits per heavy atom.